The molecule has 2 amide bonds. The number of nitrogens with one attached hydrogen (secondary N) is 1. The lowest BCUT2D eigenvalue weighted by Gasteiger charge is -2.20. The Morgan fingerprint density at radius 2 is 2.18 bits per heavy atom. The molecule has 1 fully saturated rings. The molecule has 1 aliphatic heterocycles. The van der Waals surface area contributed by atoms with Gasteiger partial charge in [0.25, 0.3) is 5.69 Å². The first-order valence-corrected chi connectivity index (χ1v) is 6.84. The lowest BCUT2D eigenvalue weighted by atomic mass is 10.1. The maximum atomic E-state index is 13.1. The first kappa shape index (κ1) is 15.9. The highest BCUT2D eigenvalue weighted by atomic mass is 19.1. The van der Waals surface area contributed by atoms with Gasteiger partial charge in [-0.05, 0) is 26.0 Å². The number of anilines is 1. The largest absolute Gasteiger partial charge is 0.339 e. The van der Waals surface area contributed by atoms with Gasteiger partial charge in [-0.15, -0.1) is 0 Å². The van der Waals surface area contributed by atoms with Gasteiger partial charge in [-0.1, -0.05) is 0 Å². The Morgan fingerprint density at radius 1 is 1.50 bits per heavy atom. The van der Waals surface area contributed by atoms with E-state index in [1.165, 1.54) is 0 Å². The molecule has 0 aromatic heterocycles. The molecule has 1 aromatic carbocycles. The lowest BCUT2D eigenvalue weighted by Crippen LogP contribution is -2.33. The molecule has 1 heterocycles. The highest BCUT2D eigenvalue weighted by Crippen LogP contribution is 2.27. The van der Waals surface area contributed by atoms with Crippen LogP contribution >= 0.6 is 0 Å². The molecule has 0 unspecified atom stereocenters. The van der Waals surface area contributed by atoms with E-state index in [0.717, 1.165) is 18.2 Å². The molecule has 7 nitrogen and oxygen atoms in total. The van der Waals surface area contributed by atoms with Gasteiger partial charge in [0.15, 0.2) is 0 Å². The quantitative estimate of drug-likeness (QED) is 0.679. The van der Waals surface area contributed by atoms with Crippen molar-refractivity contribution in [3.63, 3.8) is 0 Å². The van der Waals surface area contributed by atoms with Gasteiger partial charge in [0.1, 0.15) is 11.5 Å². The summed E-state index contributed by atoms with van der Waals surface area (Å²) in [4.78, 5) is 35.7. The number of benzene rings is 1. The number of hydrogen-bond acceptors (Lipinski definition) is 4. The van der Waals surface area contributed by atoms with Gasteiger partial charge in [-0.2, -0.15) is 0 Å². The number of likely N-dealkylation sites (tertiary alicyclic amines) is 1. The second-order valence-corrected chi connectivity index (χ2v) is 5.45. The van der Waals surface area contributed by atoms with Crippen molar-refractivity contribution in [1.29, 1.82) is 0 Å². The zero-order valence-electron chi connectivity index (χ0n) is 12.2. The third kappa shape index (κ3) is 3.21. The molecule has 1 aliphatic rings. The number of nitro benzene ring substituents is 1. The third-order valence-corrected chi connectivity index (χ3v) is 3.57. The molecular weight excluding hydrogens is 293 g/mol. The Balaban J connectivity index is 2.14. The summed E-state index contributed by atoms with van der Waals surface area (Å²) in [6, 6.07) is 2.91. The average molecular weight is 309 g/mol. The minimum Gasteiger partial charge on any atom is -0.339 e. The van der Waals surface area contributed by atoms with Crippen LogP contribution in [0.5, 0.6) is 0 Å². The van der Waals surface area contributed by atoms with Crippen LogP contribution in [0.3, 0.4) is 0 Å². The maximum Gasteiger partial charge on any atom is 0.295 e. The summed E-state index contributed by atoms with van der Waals surface area (Å²) in [5, 5.41) is 13.3. The van der Waals surface area contributed by atoms with Crippen molar-refractivity contribution in [2.24, 2.45) is 5.92 Å². The number of nitro groups is 1. The molecule has 0 bridgehead atoms. The zero-order valence-corrected chi connectivity index (χ0v) is 12.2. The standard InChI is InChI=1S/C14H16FN3O4/c1-8(2)17-7-9(5-13(17)19)14(20)16-11-4-3-10(15)6-12(11)18(21)22/h3-4,6,8-9H,5,7H2,1-2H3,(H,16,20)/t9-/m0/s1. The van der Waals surface area contributed by atoms with E-state index in [0.29, 0.717) is 0 Å². The van der Waals surface area contributed by atoms with Gasteiger partial charge >= 0.3 is 0 Å². The second-order valence-electron chi connectivity index (χ2n) is 5.45. The van der Waals surface area contributed by atoms with Crippen LogP contribution in [0.1, 0.15) is 20.3 Å². The van der Waals surface area contributed by atoms with E-state index in [9.17, 15) is 24.1 Å². The number of nitrogens with zero attached hydrogens (tertiary/aromatic N) is 2. The van der Waals surface area contributed by atoms with Crippen LogP contribution in [0, 0.1) is 21.8 Å². The van der Waals surface area contributed by atoms with E-state index in [2.05, 4.69) is 5.32 Å². The first-order valence-electron chi connectivity index (χ1n) is 6.84. The summed E-state index contributed by atoms with van der Waals surface area (Å²) in [7, 11) is 0. The van der Waals surface area contributed by atoms with Crippen molar-refractivity contribution in [3.8, 4) is 0 Å². The average Bonchev–Trinajstić information content (AvgIpc) is 2.83. The molecule has 0 aliphatic carbocycles. The van der Waals surface area contributed by atoms with Crippen molar-refractivity contribution in [1.82, 2.24) is 4.90 Å². The van der Waals surface area contributed by atoms with Crippen molar-refractivity contribution >= 4 is 23.2 Å². The monoisotopic (exact) mass is 309 g/mol. The smallest absolute Gasteiger partial charge is 0.295 e. The summed E-state index contributed by atoms with van der Waals surface area (Å²) in [5.74, 6) is -1.93. The highest BCUT2D eigenvalue weighted by Gasteiger charge is 2.36. The number of carbonyl (C=O) groups excluding carboxylic acids is 2. The van der Waals surface area contributed by atoms with E-state index >= 15 is 0 Å². The fourth-order valence-electron chi connectivity index (χ4n) is 2.40. The number of hydrogen-bond donors (Lipinski definition) is 1. The van der Waals surface area contributed by atoms with E-state index in [4.69, 9.17) is 0 Å². The topological polar surface area (TPSA) is 92.6 Å². The number of rotatable bonds is 4. The molecule has 2 rings (SSSR count). The Bertz CT molecular complexity index is 633. The molecule has 1 N–H and O–H groups in total. The molecular formula is C14H16FN3O4. The van der Waals surface area contributed by atoms with Gasteiger partial charge in [0, 0.05) is 19.0 Å². The molecule has 1 aromatic rings. The molecule has 0 radical (unpaired) electrons. The zero-order chi connectivity index (χ0) is 16.4. The van der Waals surface area contributed by atoms with Crippen molar-refractivity contribution in [3.05, 3.63) is 34.1 Å². The fraction of sp³-hybridized carbons (Fsp3) is 0.429. The predicted molar refractivity (Wildman–Crippen MR) is 76.6 cm³/mol. The van der Waals surface area contributed by atoms with Crippen LogP contribution in [0.15, 0.2) is 18.2 Å². The van der Waals surface area contributed by atoms with Gasteiger partial charge in [-0.25, -0.2) is 4.39 Å². The Hall–Kier alpha value is -2.51. The maximum absolute atomic E-state index is 13.1. The Kier molecular flexibility index (Phi) is 4.39. The Labute approximate surface area is 126 Å². The first-order chi connectivity index (χ1) is 10.3. The summed E-state index contributed by atoms with van der Waals surface area (Å²) >= 11 is 0. The van der Waals surface area contributed by atoms with E-state index in [1.807, 2.05) is 13.8 Å². The van der Waals surface area contributed by atoms with Gasteiger partial charge < -0.3 is 10.2 Å². The van der Waals surface area contributed by atoms with Crippen LogP contribution < -0.4 is 5.32 Å². The SMILES string of the molecule is CC(C)N1C[C@@H](C(=O)Nc2ccc(F)cc2[N+](=O)[O-])CC1=O. The van der Waals surface area contributed by atoms with Gasteiger partial charge in [-0.3, -0.25) is 19.7 Å². The van der Waals surface area contributed by atoms with E-state index in [1.54, 1.807) is 4.90 Å². The van der Waals surface area contributed by atoms with Gasteiger partial charge in [0.05, 0.1) is 16.9 Å². The Morgan fingerprint density at radius 3 is 2.73 bits per heavy atom. The summed E-state index contributed by atoms with van der Waals surface area (Å²) in [5.41, 5.74) is -0.592. The molecule has 22 heavy (non-hydrogen) atoms. The molecule has 0 saturated carbocycles. The van der Waals surface area contributed by atoms with Crippen molar-refractivity contribution in [2.75, 3.05) is 11.9 Å². The summed E-state index contributed by atoms with van der Waals surface area (Å²) in [6.07, 6.45) is 0.0685. The molecule has 118 valence electrons. The van der Waals surface area contributed by atoms with E-state index in [-0.39, 0.29) is 30.6 Å². The molecule has 8 heteroatoms. The lowest BCUT2D eigenvalue weighted by molar-refractivity contribution is -0.384. The second kappa shape index (κ2) is 6.08. The third-order valence-electron chi connectivity index (χ3n) is 3.57. The minimum absolute atomic E-state index is 0.00884. The minimum atomic E-state index is -0.765. The highest BCUT2D eigenvalue weighted by molar-refractivity contribution is 5.98. The number of carbonyl (C=O) groups is 2. The summed E-state index contributed by atoms with van der Waals surface area (Å²) in [6.45, 7) is 3.98. The molecule has 1 atom stereocenters. The predicted octanol–water partition coefficient (Wildman–Crippen LogP) is 1.93. The van der Waals surface area contributed by atoms with Crippen LogP contribution in [0.2, 0.25) is 0 Å². The van der Waals surface area contributed by atoms with Crippen LogP contribution in [0.25, 0.3) is 0 Å². The number of halogens is 1. The molecule has 1 saturated heterocycles. The van der Waals surface area contributed by atoms with Crippen molar-refractivity contribution < 1.29 is 18.9 Å². The van der Waals surface area contributed by atoms with Crippen LogP contribution in [-0.2, 0) is 9.59 Å². The normalized spacial score (nSPS) is 17.9. The summed E-state index contributed by atoms with van der Waals surface area (Å²) < 4.78 is 13.1. The van der Waals surface area contributed by atoms with Crippen LogP contribution in [0.4, 0.5) is 15.8 Å². The van der Waals surface area contributed by atoms with Crippen LogP contribution in [-0.4, -0.2) is 34.2 Å². The number of amides is 2. The van der Waals surface area contributed by atoms with Gasteiger partial charge in [0.2, 0.25) is 11.8 Å². The molecule has 0 spiro atoms. The van der Waals surface area contributed by atoms with Crippen molar-refractivity contribution in [2.45, 2.75) is 26.3 Å². The van der Waals surface area contributed by atoms with E-state index < -0.39 is 28.3 Å². The fourth-order valence-corrected chi connectivity index (χ4v) is 2.40.